The zero-order chi connectivity index (χ0) is 27.3. The van der Waals surface area contributed by atoms with Crippen molar-refractivity contribution in [3.05, 3.63) is 71.3 Å². The smallest absolute Gasteiger partial charge is 0.247 e. The number of carbonyl (C=O) groups excluding carboxylic acids is 2. The molecule has 0 aromatic heterocycles. The number of hydrogen-bond donors (Lipinski definition) is 3. The fraction of sp³-hybridized carbons (Fsp3) is 0.548. The zero-order valence-electron chi connectivity index (χ0n) is 23.4. The van der Waals surface area contributed by atoms with Gasteiger partial charge in [-0.3, -0.25) is 9.59 Å². The van der Waals surface area contributed by atoms with E-state index in [0.717, 1.165) is 31.2 Å². The van der Waals surface area contributed by atoms with E-state index < -0.39 is 29.5 Å². The molecular weight excluding hydrogens is 514 g/mol. The van der Waals surface area contributed by atoms with Crippen LogP contribution >= 0.6 is 12.4 Å². The van der Waals surface area contributed by atoms with E-state index in [1.54, 1.807) is 6.92 Å². The molecule has 1 spiro atoms. The third kappa shape index (κ3) is 7.40. The van der Waals surface area contributed by atoms with Crippen molar-refractivity contribution in [3.8, 4) is 0 Å². The van der Waals surface area contributed by atoms with Crippen LogP contribution in [0, 0.1) is 5.41 Å². The molecule has 1 saturated heterocycles. The maximum atomic E-state index is 13.7. The number of nitrogens with two attached hydrogens (primary N) is 1. The molecule has 1 unspecified atom stereocenters. The van der Waals surface area contributed by atoms with Crippen LogP contribution < -0.4 is 11.1 Å². The number of piperidine rings is 1. The molecule has 1 fully saturated rings. The van der Waals surface area contributed by atoms with Gasteiger partial charge in [-0.25, -0.2) is 0 Å². The van der Waals surface area contributed by atoms with Gasteiger partial charge in [0.25, 0.3) is 0 Å². The molecule has 4 N–H and O–H groups in total. The van der Waals surface area contributed by atoms with Crippen LogP contribution in [-0.4, -0.2) is 59.7 Å². The lowest BCUT2D eigenvalue weighted by molar-refractivity contribution is -0.140. The minimum absolute atomic E-state index is 0. The Morgan fingerprint density at radius 3 is 2.38 bits per heavy atom. The number of ether oxygens (including phenoxy) is 1. The molecule has 3 atom stereocenters. The molecule has 1 heterocycles. The van der Waals surface area contributed by atoms with Crippen molar-refractivity contribution in [3.63, 3.8) is 0 Å². The van der Waals surface area contributed by atoms with E-state index in [0.29, 0.717) is 26.1 Å². The summed E-state index contributed by atoms with van der Waals surface area (Å²) in [5, 5.41) is 12.8. The second-order valence-corrected chi connectivity index (χ2v) is 11.8. The molecule has 0 bridgehead atoms. The van der Waals surface area contributed by atoms with Gasteiger partial charge < -0.3 is 25.8 Å². The molecule has 0 saturated carbocycles. The van der Waals surface area contributed by atoms with E-state index in [2.05, 4.69) is 29.6 Å². The Morgan fingerprint density at radius 1 is 1.08 bits per heavy atom. The van der Waals surface area contributed by atoms with Crippen LogP contribution in [0.4, 0.5) is 0 Å². The van der Waals surface area contributed by atoms with Crippen LogP contribution in [0.25, 0.3) is 0 Å². The molecule has 7 nitrogen and oxygen atoms in total. The van der Waals surface area contributed by atoms with Crippen LogP contribution in [-0.2, 0) is 32.8 Å². The maximum absolute atomic E-state index is 13.7. The Hall–Kier alpha value is -2.45. The Balaban J connectivity index is 0.00000420. The van der Waals surface area contributed by atoms with Crippen molar-refractivity contribution in [2.24, 2.45) is 11.1 Å². The average molecular weight is 558 g/mol. The first kappa shape index (κ1) is 31.1. The van der Waals surface area contributed by atoms with E-state index in [9.17, 15) is 14.7 Å². The van der Waals surface area contributed by atoms with Gasteiger partial charge in [-0.1, -0.05) is 68.4 Å². The summed E-state index contributed by atoms with van der Waals surface area (Å²) in [5.74, 6) is -0.538. The van der Waals surface area contributed by atoms with Crippen LogP contribution in [0.5, 0.6) is 0 Å². The van der Waals surface area contributed by atoms with Crippen LogP contribution in [0.15, 0.2) is 54.6 Å². The number of amides is 2. The molecule has 2 aromatic rings. The summed E-state index contributed by atoms with van der Waals surface area (Å²) >= 11 is 0. The molecule has 2 aromatic carbocycles. The second kappa shape index (κ2) is 13.3. The molecule has 39 heavy (non-hydrogen) atoms. The summed E-state index contributed by atoms with van der Waals surface area (Å²) in [5.41, 5.74) is 9.70. The van der Waals surface area contributed by atoms with Crippen molar-refractivity contribution in [2.45, 2.75) is 83.1 Å². The first-order valence-electron chi connectivity index (χ1n) is 13.8. The lowest BCUT2D eigenvalue weighted by atomic mass is 9.74. The standard InChI is InChI=1S/C31H43N3O4.ClH/c1-22(35)19-30(2,3)27(32)28(36)33-26(21-38-20-23-9-5-4-6-10-23)29(37)34-17-15-31(16-18-34)14-13-24-11-7-8-12-25(24)31;/h4-12,22,26-27,35H,13-21,32H2,1-3H3,(H,33,36);1H/t22-,26-,27?;/m1./s1. The lowest BCUT2D eigenvalue weighted by Gasteiger charge is -2.41. The predicted octanol–water partition coefficient (Wildman–Crippen LogP) is 3.74. The Kier molecular flexibility index (Phi) is 10.6. The molecule has 2 aliphatic rings. The van der Waals surface area contributed by atoms with Crippen molar-refractivity contribution >= 4 is 24.2 Å². The van der Waals surface area contributed by atoms with Gasteiger partial charge in [0.05, 0.1) is 25.4 Å². The third-order valence-electron chi connectivity index (χ3n) is 8.45. The monoisotopic (exact) mass is 557 g/mol. The molecule has 1 aliphatic carbocycles. The SMILES string of the molecule is C[C@@H](O)CC(C)(C)C(N)C(=O)N[C@H](COCc1ccccc1)C(=O)N1CCC2(CCc3ccccc32)CC1.Cl. The largest absolute Gasteiger partial charge is 0.393 e. The molecule has 214 valence electrons. The summed E-state index contributed by atoms with van der Waals surface area (Å²) in [7, 11) is 0. The fourth-order valence-corrected chi connectivity index (χ4v) is 6.21. The highest BCUT2D eigenvalue weighted by Gasteiger charge is 2.43. The molecule has 2 amide bonds. The fourth-order valence-electron chi connectivity index (χ4n) is 6.21. The highest BCUT2D eigenvalue weighted by atomic mass is 35.5. The van der Waals surface area contributed by atoms with E-state index in [4.69, 9.17) is 10.5 Å². The maximum Gasteiger partial charge on any atom is 0.247 e. The van der Waals surface area contributed by atoms with Crippen LogP contribution in [0.1, 0.15) is 63.1 Å². The summed E-state index contributed by atoms with van der Waals surface area (Å²) in [6.07, 6.45) is 3.85. The number of aliphatic hydroxyl groups excluding tert-OH is 1. The quantitative estimate of drug-likeness (QED) is 0.413. The number of carbonyl (C=O) groups is 2. The van der Waals surface area contributed by atoms with Crippen molar-refractivity contribution in [1.29, 1.82) is 0 Å². The predicted molar refractivity (Wildman–Crippen MR) is 156 cm³/mol. The summed E-state index contributed by atoms with van der Waals surface area (Å²) in [6.45, 7) is 7.11. The number of halogens is 1. The number of fused-ring (bicyclic) bond motifs is 2. The summed E-state index contributed by atoms with van der Waals surface area (Å²) < 4.78 is 5.92. The minimum atomic E-state index is -0.874. The molecule has 8 heteroatoms. The third-order valence-corrected chi connectivity index (χ3v) is 8.45. The number of benzene rings is 2. The van der Waals surface area contributed by atoms with Gasteiger partial charge in [0.2, 0.25) is 11.8 Å². The van der Waals surface area contributed by atoms with Gasteiger partial charge in [0.15, 0.2) is 0 Å². The first-order chi connectivity index (χ1) is 18.1. The highest BCUT2D eigenvalue weighted by molar-refractivity contribution is 5.90. The Morgan fingerprint density at radius 2 is 1.72 bits per heavy atom. The molecule has 0 radical (unpaired) electrons. The topological polar surface area (TPSA) is 105 Å². The van der Waals surface area contributed by atoms with E-state index >= 15 is 0 Å². The Bertz CT molecular complexity index is 1100. The second-order valence-electron chi connectivity index (χ2n) is 11.8. The highest BCUT2D eigenvalue weighted by Crippen LogP contribution is 2.46. The van der Waals surface area contributed by atoms with Crippen molar-refractivity contribution in [2.75, 3.05) is 19.7 Å². The minimum Gasteiger partial charge on any atom is -0.393 e. The molecular formula is C31H44ClN3O4. The van der Waals surface area contributed by atoms with Gasteiger partial charge in [0.1, 0.15) is 6.04 Å². The number of likely N-dealkylation sites (tertiary alicyclic amines) is 1. The number of nitrogens with one attached hydrogen (secondary N) is 1. The molecule has 1 aliphatic heterocycles. The van der Waals surface area contributed by atoms with Crippen molar-refractivity contribution in [1.82, 2.24) is 10.2 Å². The van der Waals surface area contributed by atoms with Gasteiger partial charge in [-0.2, -0.15) is 0 Å². The number of nitrogens with zero attached hydrogens (tertiary/aromatic N) is 1. The zero-order valence-corrected chi connectivity index (χ0v) is 24.2. The normalized spacial score (nSPS) is 18.5. The molecule has 4 rings (SSSR count). The summed E-state index contributed by atoms with van der Waals surface area (Å²) in [6, 6.07) is 16.7. The van der Waals surface area contributed by atoms with Crippen LogP contribution in [0.2, 0.25) is 0 Å². The van der Waals surface area contributed by atoms with Crippen LogP contribution in [0.3, 0.4) is 0 Å². The Labute approximate surface area is 238 Å². The lowest BCUT2D eigenvalue weighted by Crippen LogP contribution is -2.58. The van der Waals surface area contributed by atoms with Gasteiger partial charge in [-0.15, -0.1) is 12.4 Å². The van der Waals surface area contributed by atoms with Gasteiger partial charge in [-0.05, 0) is 66.5 Å². The van der Waals surface area contributed by atoms with E-state index in [1.807, 2.05) is 49.1 Å². The number of aryl methyl sites for hydroxylation is 1. The van der Waals surface area contributed by atoms with Gasteiger partial charge in [0, 0.05) is 13.1 Å². The number of aliphatic hydroxyl groups is 1. The average Bonchev–Trinajstić information content (AvgIpc) is 3.25. The number of rotatable bonds is 10. The first-order valence-corrected chi connectivity index (χ1v) is 13.8. The van der Waals surface area contributed by atoms with E-state index in [-0.39, 0.29) is 30.3 Å². The van der Waals surface area contributed by atoms with Crippen molar-refractivity contribution < 1.29 is 19.4 Å². The summed E-state index contributed by atoms with van der Waals surface area (Å²) in [4.78, 5) is 28.8. The number of hydrogen-bond acceptors (Lipinski definition) is 5. The van der Waals surface area contributed by atoms with E-state index in [1.165, 1.54) is 11.1 Å². The van der Waals surface area contributed by atoms with Gasteiger partial charge >= 0.3 is 0 Å².